The summed E-state index contributed by atoms with van der Waals surface area (Å²) in [5.74, 6) is 0. The first-order chi connectivity index (χ1) is 4.41. The van der Waals surface area contributed by atoms with E-state index < -0.39 is 0 Å². The predicted molar refractivity (Wildman–Crippen MR) is 19.4 cm³/mol. The van der Waals surface area contributed by atoms with Crippen LogP contribution in [0.25, 0.3) is 0 Å². The monoisotopic (exact) mass is 183 g/mol. The van der Waals surface area contributed by atoms with Crippen molar-refractivity contribution in [3.63, 3.8) is 0 Å². The first kappa shape index (κ1) is 13.7. The Bertz CT molecular complexity index is 46.9. The van der Waals surface area contributed by atoms with E-state index in [-0.39, 0.29) is 29.6 Å². The van der Waals surface area contributed by atoms with Crippen molar-refractivity contribution in [2.75, 3.05) is 0 Å². The molecule has 0 spiro atoms. The fourth-order valence-electron chi connectivity index (χ4n) is 0.0752. The van der Waals surface area contributed by atoms with Crippen LogP contribution < -0.4 is 40.5 Å². The Morgan fingerprint density at radius 2 is 1.80 bits per heavy atom. The molecule has 0 aliphatic heterocycles. The summed E-state index contributed by atoms with van der Waals surface area (Å²) in [6.45, 7) is 0. The van der Waals surface area contributed by atoms with Gasteiger partial charge in [0.25, 0.3) is 0 Å². The molecule has 0 heterocycles. The summed E-state index contributed by atoms with van der Waals surface area (Å²) in [6, 6.07) is 0. The van der Waals surface area contributed by atoms with E-state index in [1.54, 1.807) is 9.47 Å². The van der Waals surface area contributed by atoms with Crippen molar-refractivity contribution in [3.05, 3.63) is 0 Å². The van der Waals surface area contributed by atoms with Crippen molar-refractivity contribution in [1.29, 1.82) is 0 Å². The Kier molecular flexibility index (Phi) is 17.5. The van der Waals surface area contributed by atoms with Gasteiger partial charge in [-0.05, 0) is 10.7 Å². The second-order valence-corrected chi connectivity index (χ2v) is 0.743. The van der Waals surface area contributed by atoms with Crippen LogP contribution in [-0.2, 0) is 29.8 Å². The molecule has 1 atom stereocenters. The molecule has 0 radical (unpaired) electrons. The Morgan fingerprint density at radius 3 is 2.30 bits per heavy atom. The van der Waals surface area contributed by atoms with Crippen LogP contribution in [0.2, 0.25) is 0 Å². The van der Waals surface area contributed by atoms with Crippen molar-refractivity contribution < 1.29 is 64.6 Å². The molecular weight excluding hydrogens is 180 g/mol. The Labute approximate surface area is 79.8 Å². The van der Waals surface area contributed by atoms with E-state index in [0.29, 0.717) is 0 Å². The third-order valence-electron chi connectivity index (χ3n) is 0.203. The minimum Gasteiger partial charge on any atom is -0.690 e. The minimum absolute atomic E-state index is 0. The molecule has 1 N–H and O–H groups in total. The smallest absolute Gasteiger partial charge is 0.690 e. The minimum atomic E-state index is 0. The molecule has 0 aromatic heterocycles. The molecule has 0 bridgehead atoms. The Balaban J connectivity index is 0. The van der Waals surface area contributed by atoms with Gasteiger partial charge in [-0.25, -0.2) is 0 Å². The standard InChI is InChI=1S/H4NO7P.Na/c2-5-6-3-1-4-7-8-9;/h1-2H,9H2;/q;+1/p-1. The molecule has 0 saturated heterocycles. The summed E-state index contributed by atoms with van der Waals surface area (Å²) >= 11 is 0. The molecule has 10 heteroatoms. The largest absolute Gasteiger partial charge is 1.00 e. The van der Waals surface area contributed by atoms with Crippen molar-refractivity contribution >= 4 is 9.47 Å². The van der Waals surface area contributed by atoms with Gasteiger partial charge in [-0.3, -0.25) is 5.04 Å². The van der Waals surface area contributed by atoms with Gasteiger partial charge in [0.15, 0.2) is 0 Å². The molecule has 0 aromatic carbocycles. The summed E-state index contributed by atoms with van der Waals surface area (Å²) in [4.78, 5) is 7.29. The van der Waals surface area contributed by atoms with Gasteiger partial charge in [-0.1, -0.05) is 15.0 Å². The van der Waals surface area contributed by atoms with Crippen LogP contribution in [0.1, 0.15) is 0 Å². The molecule has 56 valence electrons. The van der Waals surface area contributed by atoms with Crippen LogP contribution in [0.4, 0.5) is 0 Å². The van der Waals surface area contributed by atoms with E-state index >= 15 is 0 Å². The van der Waals surface area contributed by atoms with Gasteiger partial charge in [0.05, 0.1) is 0 Å². The quantitative estimate of drug-likeness (QED) is 0.144. The average molecular weight is 183 g/mol. The van der Waals surface area contributed by atoms with Crippen molar-refractivity contribution in [2.45, 2.75) is 0 Å². The number of nitrogens with one attached hydrogen (secondary N) is 1. The van der Waals surface area contributed by atoms with Crippen molar-refractivity contribution in [2.24, 2.45) is 0 Å². The third kappa shape index (κ3) is 11.9. The maximum atomic E-state index is 8.94. The molecule has 8 nitrogen and oxygen atoms in total. The van der Waals surface area contributed by atoms with Crippen LogP contribution in [-0.4, -0.2) is 0 Å². The zero-order valence-corrected chi connectivity index (χ0v) is 8.09. The molecular formula is H3NNaO7P. The summed E-state index contributed by atoms with van der Waals surface area (Å²) in [6.07, 6.45) is 0. The fourth-order valence-corrected chi connectivity index (χ4v) is 0.114. The summed E-state index contributed by atoms with van der Waals surface area (Å²) < 4.78 is 3.80. The summed E-state index contributed by atoms with van der Waals surface area (Å²) in [5, 5.41) is 18.6. The molecule has 0 rings (SSSR count). The van der Waals surface area contributed by atoms with E-state index in [1.165, 1.54) is 5.64 Å². The molecule has 0 aliphatic rings. The molecule has 0 aliphatic carbocycles. The molecule has 0 saturated carbocycles. The van der Waals surface area contributed by atoms with Crippen LogP contribution in [0, 0.1) is 0 Å². The second kappa shape index (κ2) is 12.8. The Morgan fingerprint density at radius 1 is 1.20 bits per heavy atom. The maximum absolute atomic E-state index is 8.94. The van der Waals surface area contributed by atoms with Gasteiger partial charge >= 0.3 is 29.6 Å². The zero-order valence-electron chi connectivity index (χ0n) is 4.94. The van der Waals surface area contributed by atoms with Crippen molar-refractivity contribution in [3.8, 4) is 0 Å². The van der Waals surface area contributed by atoms with E-state index in [4.69, 9.17) is 5.26 Å². The van der Waals surface area contributed by atoms with Gasteiger partial charge in [0, 0.05) is 9.47 Å². The van der Waals surface area contributed by atoms with Gasteiger partial charge < -0.3 is 5.26 Å². The van der Waals surface area contributed by atoms with Gasteiger partial charge in [-0.2, -0.15) is 4.67 Å². The van der Waals surface area contributed by atoms with Crippen LogP contribution in [0.15, 0.2) is 0 Å². The van der Waals surface area contributed by atoms with E-state index in [0.717, 1.165) is 0 Å². The first-order valence-corrected chi connectivity index (χ1v) is 1.95. The van der Waals surface area contributed by atoms with Crippen LogP contribution >= 0.6 is 9.47 Å². The van der Waals surface area contributed by atoms with Crippen LogP contribution in [0.5, 0.6) is 0 Å². The third-order valence-corrected chi connectivity index (χ3v) is 0.282. The number of hydrogen-bond acceptors (Lipinski definition) is 8. The Hall–Kier alpha value is 1.11. The van der Waals surface area contributed by atoms with Crippen molar-refractivity contribution in [1.82, 2.24) is 5.64 Å². The van der Waals surface area contributed by atoms with E-state index in [1.807, 2.05) is 0 Å². The predicted octanol–water partition coefficient (Wildman–Crippen LogP) is -4.76. The topological polar surface area (TPSA) is 90.5 Å². The zero-order chi connectivity index (χ0) is 6.95. The first-order valence-electron chi connectivity index (χ1n) is 1.48. The summed E-state index contributed by atoms with van der Waals surface area (Å²) in [7, 11) is 1.70. The second-order valence-electron chi connectivity index (χ2n) is 0.550. The molecule has 1 unspecified atom stereocenters. The van der Waals surface area contributed by atoms with Crippen LogP contribution in [0.3, 0.4) is 0 Å². The number of hydrogen-bond donors (Lipinski definition) is 1. The SMILES string of the molecule is [Na+].[O-]OOONOOOP. The molecule has 0 amide bonds. The van der Waals surface area contributed by atoms with E-state index in [9.17, 15) is 0 Å². The normalized spacial score (nSPS) is 9.00. The van der Waals surface area contributed by atoms with E-state index in [2.05, 4.69) is 29.8 Å². The molecule has 0 fully saturated rings. The maximum Gasteiger partial charge on any atom is 1.00 e. The van der Waals surface area contributed by atoms with Gasteiger partial charge in [0.1, 0.15) is 0 Å². The number of rotatable bonds is 6. The van der Waals surface area contributed by atoms with Gasteiger partial charge in [-0.15, -0.1) is 0 Å². The fraction of sp³-hybridized carbons (Fsp3) is 0. The van der Waals surface area contributed by atoms with Gasteiger partial charge in [0.2, 0.25) is 0 Å². The molecule has 10 heavy (non-hydrogen) atoms. The summed E-state index contributed by atoms with van der Waals surface area (Å²) in [5.41, 5.74) is 1.48. The molecule has 0 aromatic rings. The average Bonchev–Trinajstić information content (AvgIpc) is 1.89.